The molecule has 2 aliphatic heterocycles. The van der Waals surface area contributed by atoms with Crippen molar-refractivity contribution < 1.29 is 27.4 Å². The number of piperazine rings is 1. The molecule has 1 saturated heterocycles. The third kappa shape index (κ3) is 5.72. The van der Waals surface area contributed by atoms with Crippen LogP contribution in [-0.4, -0.2) is 70.8 Å². The zero-order valence-electron chi connectivity index (χ0n) is 24.0. The minimum absolute atomic E-state index is 0.00884. The SMILES string of the molecule is COC[C@H]1CSc2c(-c3ccc(Cl)s3)c(C(F)(F)F)cc3c(N4C[C@@H](C)N(C(=O)OC(C)(C)C)[C@@H](C)C4)nc(=O)n1c23. The first-order valence-corrected chi connectivity index (χ1v) is 15.6. The summed E-state index contributed by atoms with van der Waals surface area (Å²) in [6, 6.07) is 3.11. The van der Waals surface area contributed by atoms with Crippen LogP contribution >= 0.6 is 34.7 Å². The summed E-state index contributed by atoms with van der Waals surface area (Å²) in [7, 11) is 1.52. The highest BCUT2D eigenvalue weighted by atomic mass is 35.5. The van der Waals surface area contributed by atoms with Crippen LogP contribution in [0.5, 0.6) is 0 Å². The second-order valence-corrected chi connectivity index (χ2v) is 14.4. The summed E-state index contributed by atoms with van der Waals surface area (Å²) in [5.41, 5.74) is -1.66. The number of aromatic nitrogens is 2. The summed E-state index contributed by atoms with van der Waals surface area (Å²) < 4.78 is 57.0. The predicted octanol–water partition coefficient (Wildman–Crippen LogP) is 6.92. The lowest BCUT2D eigenvalue weighted by atomic mass is 10.00. The second kappa shape index (κ2) is 11.2. The molecule has 4 heterocycles. The van der Waals surface area contributed by atoms with Crippen LogP contribution in [0.1, 0.15) is 46.2 Å². The van der Waals surface area contributed by atoms with E-state index < -0.39 is 35.2 Å². The average molecular weight is 645 g/mol. The normalized spacial score (nSPS) is 21.2. The number of benzene rings is 1. The number of hydrogen-bond acceptors (Lipinski definition) is 8. The van der Waals surface area contributed by atoms with Crippen LogP contribution in [0.15, 0.2) is 27.9 Å². The topological polar surface area (TPSA) is 76.9 Å². The fourth-order valence-electron chi connectivity index (χ4n) is 5.73. The number of carbonyl (C=O) groups excluding carboxylic acids is 1. The van der Waals surface area contributed by atoms with Gasteiger partial charge in [-0.25, -0.2) is 9.59 Å². The highest BCUT2D eigenvalue weighted by Gasteiger charge is 2.41. The lowest BCUT2D eigenvalue weighted by Crippen LogP contribution is -2.60. The van der Waals surface area contributed by atoms with E-state index in [1.807, 2.05) is 13.8 Å². The molecule has 228 valence electrons. The first-order valence-electron chi connectivity index (χ1n) is 13.4. The van der Waals surface area contributed by atoms with Crippen molar-refractivity contribution in [3.63, 3.8) is 0 Å². The van der Waals surface area contributed by atoms with E-state index in [0.29, 0.717) is 25.4 Å². The van der Waals surface area contributed by atoms with E-state index in [1.54, 1.807) is 42.7 Å². The van der Waals surface area contributed by atoms with Gasteiger partial charge in [0.05, 0.1) is 40.1 Å². The third-order valence-corrected chi connectivity index (χ3v) is 9.72. The van der Waals surface area contributed by atoms with Crippen molar-refractivity contribution in [3.8, 4) is 10.4 Å². The zero-order chi connectivity index (χ0) is 30.7. The van der Waals surface area contributed by atoms with Gasteiger partial charge in [-0.05, 0) is 52.8 Å². The Kier molecular flexibility index (Phi) is 8.27. The molecule has 3 atom stereocenters. The fourth-order valence-corrected chi connectivity index (χ4v) is 8.22. The van der Waals surface area contributed by atoms with E-state index in [1.165, 1.54) is 23.4 Å². The summed E-state index contributed by atoms with van der Waals surface area (Å²) >= 11 is 8.49. The molecule has 1 aromatic carbocycles. The van der Waals surface area contributed by atoms with Gasteiger partial charge in [0.25, 0.3) is 0 Å². The first kappa shape index (κ1) is 31.0. The van der Waals surface area contributed by atoms with Gasteiger partial charge in [0.15, 0.2) is 0 Å². The number of anilines is 1. The molecule has 8 nitrogen and oxygen atoms in total. The molecule has 1 amide bonds. The third-order valence-electron chi connectivity index (χ3n) is 7.24. The molecular weight excluding hydrogens is 613 g/mol. The van der Waals surface area contributed by atoms with Gasteiger partial charge in [0.1, 0.15) is 11.4 Å². The number of rotatable bonds is 4. The van der Waals surface area contributed by atoms with Gasteiger partial charge in [0, 0.05) is 46.7 Å². The number of methoxy groups -OCH3 is 1. The largest absolute Gasteiger partial charge is 0.444 e. The molecule has 0 saturated carbocycles. The van der Waals surface area contributed by atoms with Crippen molar-refractivity contribution in [1.29, 1.82) is 0 Å². The summed E-state index contributed by atoms with van der Waals surface area (Å²) in [4.78, 5) is 35.2. The summed E-state index contributed by atoms with van der Waals surface area (Å²) in [6.45, 7) is 9.75. The van der Waals surface area contributed by atoms with Gasteiger partial charge in [-0.2, -0.15) is 18.2 Å². The number of thiophene rings is 1. The maximum absolute atomic E-state index is 14.7. The molecule has 2 aromatic heterocycles. The Labute approximate surface area is 254 Å². The summed E-state index contributed by atoms with van der Waals surface area (Å²) in [5, 5.41) is 0.224. The average Bonchev–Trinajstić information content (AvgIpc) is 3.29. The summed E-state index contributed by atoms with van der Waals surface area (Å²) in [6.07, 6.45) is -5.15. The molecule has 14 heteroatoms. The van der Waals surface area contributed by atoms with Crippen molar-refractivity contribution in [2.45, 2.75) is 69.4 Å². The van der Waals surface area contributed by atoms with Gasteiger partial charge in [-0.15, -0.1) is 23.1 Å². The van der Waals surface area contributed by atoms with E-state index >= 15 is 0 Å². The van der Waals surface area contributed by atoms with E-state index in [0.717, 1.165) is 17.4 Å². The monoisotopic (exact) mass is 644 g/mol. The van der Waals surface area contributed by atoms with E-state index in [9.17, 15) is 22.8 Å². The van der Waals surface area contributed by atoms with Crippen LogP contribution in [0, 0.1) is 0 Å². The first-order chi connectivity index (χ1) is 19.6. The number of amides is 1. The standard InChI is InChI=1S/C28H32ClF3N4O4S2/c1-14-10-34(11-15(2)35(14)26(38)40-27(3,4)5)24-17-9-18(28(30,31)32)21(19-7-8-20(29)42-19)23-22(17)36(25(37)33-24)16(12-39-6)13-41-23/h7-9,14-16H,10-13H2,1-6H3/t14-,15+,16-/m0/s1. The van der Waals surface area contributed by atoms with Crippen molar-refractivity contribution >= 4 is 57.5 Å². The van der Waals surface area contributed by atoms with Gasteiger partial charge in [-0.1, -0.05) is 11.6 Å². The number of alkyl halides is 3. The van der Waals surface area contributed by atoms with E-state index in [-0.39, 0.29) is 48.5 Å². The fraction of sp³-hybridized carbons (Fsp3) is 0.536. The molecule has 0 N–H and O–H groups in total. The molecule has 1 fully saturated rings. The highest BCUT2D eigenvalue weighted by molar-refractivity contribution is 7.99. The minimum Gasteiger partial charge on any atom is -0.444 e. The molecular formula is C28H32ClF3N4O4S2. The molecule has 5 rings (SSSR count). The van der Waals surface area contributed by atoms with Gasteiger partial charge in [0.2, 0.25) is 0 Å². The Morgan fingerprint density at radius 3 is 2.38 bits per heavy atom. The van der Waals surface area contributed by atoms with Crippen molar-refractivity contribution in [2.24, 2.45) is 0 Å². The number of carbonyl (C=O) groups is 1. The van der Waals surface area contributed by atoms with Gasteiger partial charge in [-0.3, -0.25) is 9.47 Å². The Balaban J connectivity index is 1.72. The smallest absolute Gasteiger partial charge is 0.417 e. The molecule has 0 spiro atoms. The maximum Gasteiger partial charge on any atom is 0.417 e. The quantitative estimate of drug-likeness (QED) is 0.305. The Morgan fingerprint density at radius 2 is 1.83 bits per heavy atom. The van der Waals surface area contributed by atoms with Crippen molar-refractivity contribution in [3.05, 3.63) is 38.6 Å². The minimum atomic E-state index is -4.69. The predicted molar refractivity (Wildman–Crippen MR) is 160 cm³/mol. The number of ether oxygens (including phenoxy) is 2. The van der Waals surface area contributed by atoms with Gasteiger partial charge >= 0.3 is 18.0 Å². The molecule has 42 heavy (non-hydrogen) atoms. The van der Waals surface area contributed by atoms with Crippen molar-refractivity contribution in [1.82, 2.24) is 14.5 Å². The van der Waals surface area contributed by atoms with Crippen LogP contribution < -0.4 is 10.6 Å². The Morgan fingerprint density at radius 1 is 1.17 bits per heavy atom. The maximum atomic E-state index is 14.7. The van der Waals surface area contributed by atoms with Gasteiger partial charge < -0.3 is 14.4 Å². The second-order valence-electron chi connectivity index (χ2n) is 11.6. The van der Waals surface area contributed by atoms with Crippen LogP contribution in [0.2, 0.25) is 4.34 Å². The number of halogens is 4. The molecule has 3 aromatic rings. The molecule has 0 radical (unpaired) electrons. The van der Waals surface area contributed by atoms with E-state index in [2.05, 4.69) is 4.98 Å². The van der Waals surface area contributed by atoms with Crippen molar-refractivity contribution in [2.75, 3.05) is 37.5 Å². The van der Waals surface area contributed by atoms with Crippen LogP contribution in [0.3, 0.4) is 0 Å². The molecule has 0 aliphatic carbocycles. The lowest BCUT2D eigenvalue weighted by Gasteiger charge is -2.45. The number of hydrogen-bond donors (Lipinski definition) is 0. The van der Waals surface area contributed by atoms with E-state index in [4.69, 9.17) is 21.1 Å². The van der Waals surface area contributed by atoms with Crippen LogP contribution in [-0.2, 0) is 15.7 Å². The summed E-state index contributed by atoms with van der Waals surface area (Å²) in [5.74, 6) is 0.502. The molecule has 0 bridgehead atoms. The zero-order valence-corrected chi connectivity index (χ0v) is 26.4. The Hall–Kier alpha value is -2.48. The van der Waals surface area contributed by atoms with Crippen LogP contribution in [0.4, 0.5) is 23.8 Å². The van der Waals surface area contributed by atoms with Crippen LogP contribution in [0.25, 0.3) is 21.3 Å². The molecule has 0 unspecified atom stereocenters. The number of nitrogens with zero attached hydrogens (tertiary/aromatic N) is 4. The Bertz CT molecular complexity index is 1570. The molecule has 2 aliphatic rings. The lowest BCUT2D eigenvalue weighted by molar-refractivity contribution is -0.137. The number of thioether (sulfide) groups is 1. The highest BCUT2D eigenvalue weighted by Crippen LogP contribution is 2.51.